The lowest BCUT2D eigenvalue weighted by Crippen LogP contribution is -2.11. The first-order valence-corrected chi connectivity index (χ1v) is 6.53. The van der Waals surface area contributed by atoms with Crippen molar-refractivity contribution >= 4 is 11.6 Å². The molecule has 1 rings (SSSR count). The summed E-state index contributed by atoms with van der Waals surface area (Å²) in [5, 5.41) is 2.84. The molecule has 0 saturated carbocycles. The van der Waals surface area contributed by atoms with E-state index in [4.69, 9.17) is 0 Å². The van der Waals surface area contributed by atoms with Crippen molar-refractivity contribution in [3.8, 4) is 0 Å². The third-order valence-corrected chi connectivity index (χ3v) is 2.70. The Morgan fingerprint density at radius 2 is 2.00 bits per heavy atom. The number of amides is 1. The van der Waals surface area contributed by atoms with Crippen LogP contribution in [0.25, 0.3) is 0 Å². The lowest BCUT2D eigenvalue weighted by atomic mass is 10.1. The first kappa shape index (κ1) is 13.7. The predicted molar refractivity (Wildman–Crippen MR) is 70.9 cm³/mol. The largest absolute Gasteiger partial charge is 0.325 e. The molecule has 0 spiro atoms. The second-order valence-corrected chi connectivity index (χ2v) is 4.31. The van der Waals surface area contributed by atoms with Gasteiger partial charge in [0.05, 0.1) is 11.9 Å². The Hall–Kier alpha value is -1.38. The quantitative estimate of drug-likeness (QED) is 0.696. The average Bonchev–Trinajstić information content (AvgIpc) is 2.35. The van der Waals surface area contributed by atoms with E-state index < -0.39 is 0 Å². The summed E-state index contributed by atoms with van der Waals surface area (Å²) in [7, 11) is 0. The number of hydrogen-bond acceptors (Lipinski definition) is 2. The molecule has 0 aliphatic rings. The fourth-order valence-corrected chi connectivity index (χ4v) is 1.73. The molecule has 0 aliphatic heterocycles. The van der Waals surface area contributed by atoms with Gasteiger partial charge in [0, 0.05) is 12.6 Å². The average molecular weight is 234 g/mol. The third-order valence-electron chi connectivity index (χ3n) is 2.70. The molecule has 1 heterocycles. The minimum atomic E-state index is 0.0912. The zero-order chi connectivity index (χ0) is 12.3. The molecule has 17 heavy (non-hydrogen) atoms. The number of unbranched alkanes of at least 4 members (excludes halogenated alkanes) is 5. The molecule has 1 N–H and O–H groups in total. The van der Waals surface area contributed by atoms with Crippen molar-refractivity contribution in [2.45, 2.75) is 51.9 Å². The van der Waals surface area contributed by atoms with Crippen LogP contribution >= 0.6 is 0 Å². The fourth-order valence-electron chi connectivity index (χ4n) is 1.73. The van der Waals surface area contributed by atoms with Gasteiger partial charge in [-0.2, -0.15) is 0 Å². The number of rotatable bonds is 8. The van der Waals surface area contributed by atoms with Gasteiger partial charge >= 0.3 is 0 Å². The minimum Gasteiger partial charge on any atom is -0.325 e. The molecule has 0 aromatic carbocycles. The van der Waals surface area contributed by atoms with E-state index in [9.17, 15) is 4.79 Å². The normalized spacial score (nSPS) is 10.2. The van der Waals surface area contributed by atoms with Crippen LogP contribution in [-0.4, -0.2) is 10.9 Å². The van der Waals surface area contributed by atoms with Crippen LogP contribution in [0.1, 0.15) is 51.9 Å². The van der Waals surface area contributed by atoms with E-state index in [-0.39, 0.29) is 5.91 Å². The molecule has 0 fully saturated rings. The molecule has 3 nitrogen and oxygen atoms in total. The summed E-state index contributed by atoms with van der Waals surface area (Å²) in [6, 6.07) is 3.67. The summed E-state index contributed by atoms with van der Waals surface area (Å²) in [6.07, 6.45) is 11.2. The second-order valence-electron chi connectivity index (χ2n) is 4.31. The van der Waals surface area contributed by atoms with Crippen molar-refractivity contribution < 1.29 is 4.79 Å². The van der Waals surface area contributed by atoms with E-state index in [1.165, 1.54) is 25.7 Å². The van der Waals surface area contributed by atoms with Gasteiger partial charge in [0.2, 0.25) is 5.91 Å². The van der Waals surface area contributed by atoms with Crippen LogP contribution in [0.3, 0.4) is 0 Å². The van der Waals surface area contributed by atoms with Gasteiger partial charge in [0.15, 0.2) is 0 Å². The Balaban J connectivity index is 2.06. The highest BCUT2D eigenvalue weighted by molar-refractivity contribution is 5.90. The summed E-state index contributed by atoms with van der Waals surface area (Å²) < 4.78 is 0. The van der Waals surface area contributed by atoms with Gasteiger partial charge in [0.25, 0.3) is 0 Å². The number of nitrogens with zero attached hydrogens (tertiary/aromatic N) is 1. The summed E-state index contributed by atoms with van der Waals surface area (Å²) in [5.74, 6) is 0.0912. The molecule has 0 bridgehead atoms. The van der Waals surface area contributed by atoms with Crippen LogP contribution in [0.15, 0.2) is 24.5 Å². The van der Waals surface area contributed by atoms with Crippen LogP contribution in [0.2, 0.25) is 0 Å². The van der Waals surface area contributed by atoms with Crippen molar-refractivity contribution in [3.63, 3.8) is 0 Å². The van der Waals surface area contributed by atoms with Crippen molar-refractivity contribution in [3.05, 3.63) is 24.5 Å². The number of nitrogens with one attached hydrogen (secondary N) is 1. The highest BCUT2D eigenvalue weighted by Gasteiger charge is 2.01. The Labute approximate surface area is 104 Å². The second kappa shape index (κ2) is 8.74. The van der Waals surface area contributed by atoms with Gasteiger partial charge in [-0.05, 0) is 18.6 Å². The van der Waals surface area contributed by atoms with E-state index in [0.717, 1.165) is 18.5 Å². The van der Waals surface area contributed by atoms with E-state index in [2.05, 4.69) is 17.2 Å². The molecular weight excluding hydrogens is 212 g/mol. The summed E-state index contributed by atoms with van der Waals surface area (Å²) in [5.41, 5.74) is 0.781. The molecule has 0 unspecified atom stereocenters. The smallest absolute Gasteiger partial charge is 0.224 e. The Bertz CT molecular complexity index is 311. The lowest BCUT2D eigenvalue weighted by molar-refractivity contribution is -0.116. The van der Waals surface area contributed by atoms with Gasteiger partial charge in [-0.1, -0.05) is 39.0 Å². The van der Waals surface area contributed by atoms with Crippen LogP contribution in [0, 0.1) is 0 Å². The van der Waals surface area contributed by atoms with Crippen LogP contribution in [0.4, 0.5) is 5.69 Å². The zero-order valence-corrected chi connectivity index (χ0v) is 10.6. The maximum Gasteiger partial charge on any atom is 0.224 e. The Morgan fingerprint density at radius 3 is 2.71 bits per heavy atom. The monoisotopic (exact) mass is 234 g/mol. The van der Waals surface area contributed by atoms with Gasteiger partial charge in [0.1, 0.15) is 0 Å². The first-order chi connectivity index (χ1) is 8.33. The SMILES string of the molecule is CCCCCCCCC(=O)Nc1cccnc1. The maximum atomic E-state index is 11.6. The van der Waals surface area contributed by atoms with E-state index in [1.54, 1.807) is 12.4 Å². The van der Waals surface area contributed by atoms with Crippen molar-refractivity contribution in [1.29, 1.82) is 0 Å². The molecule has 0 saturated heterocycles. The van der Waals surface area contributed by atoms with Crippen molar-refractivity contribution in [1.82, 2.24) is 4.98 Å². The fraction of sp³-hybridized carbons (Fsp3) is 0.571. The zero-order valence-electron chi connectivity index (χ0n) is 10.6. The minimum absolute atomic E-state index is 0.0912. The highest BCUT2D eigenvalue weighted by Crippen LogP contribution is 2.08. The summed E-state index contributed by atoms with van der Waals surface area (Å²) >= 11 is 0. The van der Waals surface area contributed by atoms with Gasteiger partial charge < -0.3 is 5.32 Å². The molecule has 0 radical (unpaired) electrons. The number of aromatic nitrogens is 1. The van der Waals surface area contributed by atoms with E-state index in [1.807, 2.05) is 12.1 Å². The molecular formula is C14H22N2O. The summed E-state index contributed by atoms with van der Waals surface area (Å²) in [4.78, 5) is 15.5. The standard InChI is InChI=1S/C14H22N2O/c1-2-3-4-5-6-7-10-14(17)16-13-9-8-11-15-12-13/h8-9,11-12H,2-7,10H2,1H3,(H,16,17). The number of hydrogen-bond donors (Lipinski definition) is 1. The van der Waals surface area contributed by atoms with Crippen molar-refractivity contribution in [2.75, 3.05) is 5.32 Å². The molecule has 1 aromatic rings. The Morgan fingerprint density at radius 1 is 1.24 bits per heavy atom. The lowest BCUT2D eigenvalue weighted by Gasteiger charge is -2.04. The predicted octanol–water partition coefficient (Wildman–Crippen LogP) is 3.77. The number of carbonyl (C=O) groups excluding carboxylic acids is 1. The van der Waals surface area contributed by atoms with Crippen LogP contribution < -0.4 is 5.32 Å². The Kier molecular flexibility index (Phi) is 7.03. The number of anilines is 1. The molecule has 94 valence electrons. The van der Waals surface area contributed by atoms with Gasteiger partial charge in [-0.25, -0.2) is 0 Å². The van der Waals surface area contributed by atoms with E-state index >= 15 is 0 Å². The molecule has 0 atom stereocenters. The number of carbonyl (C=O) groups is 1. The van der Waals surface area contributed by atoms with Crippen LogP contribution in [-0.2, 0) is 4.79 Å². The first-order valence-electron chi connectivity index (χ1n) is 6.53. The van der Waals surface area contributed by atoms with E-state index in [0.29, 0.717) is 6.42 Å². The third kappa shape index (κ3) is 6.72. The van der Waals surface area contributed by atoms with Gasteiger partial charge in [-0.3, -0.25) is 9.78 Å². The maximum absolute atomic E-state index is 11.6. The van der Waals surface area contributed by atoms with Crippen molar-refractivity contribution in [2.24, 2.45) is 0 Å². The van der Waals surface area contributed by atoms with Gasteiger partial charge in [-0.15, -0.1) is 0 Å². The highest BCUT2D eigenvalue weighted by atomic mass is 16.1. The van der Waals surface area contributed by atoms with Crippen LogP contribution in [0.5, 0.6) is 0 Å². The topological polar surface area (TPSA) is 42.0 Å². The number of pyridine rings is 1. The molecule has 0 aliphatic carbocycles. The summed E-state index contributed by atoms with van der Waals surface area (Å²) in [6.45, 7) is 2.21. The molecule has 1 aromatic heterocycles. The molecule has 1 amide bonds. The molecule has 3 heteroatoms.